The molecule has 0 aliphatic carbocycles. The summed E-state index contributed by atoms with van der Waals surface area (Å²) in [5.74, 6) is 0.292. The van der Waals surface area contributed by atoms with Crippen molar-refractivity contribution >= 4 is 17.3 Å². The van der Waals surface area contributed by atoms with Gasteiger partial charge in [0, 0.05) is 37.8 Å². The first-order valence-electron chi connectivity index (χ1n) is 9.12. The molecule has 1 aromatic rings. The Morgan fingerprint density at radius 2 is 2.12 bits per heavy atom. The maximum absolute atomic E-state index is 12.5. The van der Waals surface area contributed by atoms with Gasteiger partial charge in [0.1, 0.15) is 5.69 Å². The first kappa shape index (κ1) is 18.6. The van der Waals surface area contributed by atoms with Gasteiger partial charge in [-0.3, -0.25) is 14.9 Å². The summed E-state index contributed by atoms with van der Waals surface area (Å²) in [4.78, 5) is 27.6. The monoisotopic (exact) mass is 362 g/mol. The zero-order valence-corrected chi connectivity index (χ0v) is 15.1. The van der Waals surface area contributed by atoms with Gasteiger partial charge in [-0.05, 0) is 44.5 Å². The maximum Gasteiger partial charge on any atom is 0.293 e. The minimum atomic E-state index is -0.425. The van der Waals surface area contributed by atoms with Crippen LogP contribution in [0.2, 0.25) is 0 Å². The van der Waals surface area contributed by atoms with Crippen molar-refractivity contribution in [3.8, 4) is 0 Å². The van der Waals surface area contributed by atoms with Crippen LogP contribution in [0.25, 0.3) is 0 Å². The van der Waals surface area contributed by atoms with E-state index in [2.05, 4.69) is 17.3 Å². The van der Waals surface area contributed by atoms with Crippen LogP contribution in [0, 0.1) is 16.0 Å². The number of nitro benzene ring substituents is 1. The number of amides is 1. The number of rotatable bonds is 5. The van der Waals surface area contributed by atoms with E-state index in [9.17, 15) is 14.9 Å². The molecule has 0 saturated carbocycles. The van der Waals surface area contributed by atoms with E-state index >= 15 is 0 Å². The lowest BCUT2D eigenvalue weighted by Gasteiger charge is -2.30. The topological polar surface area (TPSA) is 88.0 Å². The average molecular weight is 362 g/mol. The van der Waals surface area contributed by atoms with Crippen LogP contribution in [-0.4, -0.2) is 73.6 Å². The fraction of sp³-hybridized carbons (Fsp3) is 0.611. The van der Waals surface area contributed by atoms with Crippen LogP contribution >= 0.6 is 0 Å². The van der Waals surface area contributed by atoms with Gasteiger partial charge in [-0.25, -0.2) is 0 Å². The van der Waals surface area contributed by atoms with Crippen LogP contribution in [-0.2, 0) is 4.74 Å². The summed E-state index contributed by atoms with van der Waals surface area (Å²) in [5.41, 5.74) is 0.775. The van der Waals surface area contributed by atoms with Gasteiger partial charge in [-0.15, -0.1) is 0 Å². The lowest BCUT2D eigenvalue weighted by molar-refractivity contribution is -0.384. The van der Waals surface area contributed by atoms with Crippen LogP contribution in [0.3, 0.4) is 0 Å². The summed E-state index contributed by atoms with van der Waals surface area (Å²) < 4.78 is 5.25. The second kappa shape index (κ2) is 8.46. The molecular formula is C18H26N4O4. The van der Waals surface area contributed by atoms with Crippen molar-refractivity contribution in [1.29, 1.82) is 0 Å². The summed E-state index contributed by atoms with van der Waals surface area (Å²) in [6, 6.07) is 4.70. The van der Waals surface area contributed by atoms with Crippen molar-refractivity contribution in [3.63, 3.8) is 0 Å². The molecule has 8 nitrogen and oxygen atoms in total. The molecule has 1 atom stereocenters. The molecular weight excluding hydrogens is 336 g/mol. The highest BCUT2D eigenvalue weighted by Gasteiger charge is 2.23. The number of morpholine rings is 1. The van der Waals surface area contributed by atoms with Gasteiger partial charge in [0.25, 0.3) is 11.6 Å². The number of anilines is 1. The van der Waals surface area contributed by atoms with E-state index in [0.717, 1.165) is 25.9 Å². The summed E-state index contributed by atoms with van der Waals surface area (Å²) in [6.45, 7) is 4.83. The van der Waals surface area contributed by atoms with Crippen molar-refractivity contribution in [2.24, 2.45) is 5.92 Å². The van der Waals surface area contributed by atoms with Gasteiger partial charge >= 0.3 is 0 Å². The second-order valence-electron chi connectivity index (χ2n) is 7.05. The van der Waals surface area contributed by atoms with Crippen molar-refractivity contribution < 1.29 is 14.5 Å². The molecule has 0 aromatic heterocycles. The molecule has 1 amide bonds. The van der Waals surface area contributed by atoms with E-state index in [1.165, 1.54) is 6.07 Å². The van der Waals surface area contributed by atoms with Gasteiger partial charge in [0.15, 0.2) is 0 Å². The number of benzene rings is 1. The summed E-state index contributed by atoms with van der Waals surface area (Å²) in [6.07, 6.45) is 2.27. The van der Waals surface area contributed by atoms with Crippen LogP contribution in [0.15, 0.2) is 18.2 Å². The van der Waals surface area contributed by atoms with Gasteiger partial charge < -0.3 is 19.9 Å². The number of nitro groups is 1. The number of hydrogen-bond donors (Lipinski definition) is 1. The number of carbonyl (C=O) groups is 1. The predicted molar refractivity (Wildman–Crippen MR) is 98.5 cm³/mol. The fourth-order valence-electron chi connectivity index (χ4n) is 3.61. The average Bonchev–Trinajstić information content (AvgIpc) is 2.66. The zero-order chi connectivity index (χ0) is 18.5. The molecule has 2 saturated heterocycles. The zero-order valence-electron chi connectivity index (χ0n) is 15.1. The van der Waals surface area contributed by atoms with Crippen LogP contribution in [0.5, 0.6) is 0 Å². The number of hydrogen-bond acceptors (Lipinski definition) is 6. The number of nitrogens with one attached hydrogen (secondary N) is 1. The van der Waals surface area contributed by atoms with Crippen LogP contribution < -0.4 is 5.32 Å². The van der Waals surface area contributed by atoms with Crippen molar-refractivity contribution in [1.82, 2.24) is 9.80 Å². The molecule has 1 N–H and O–H groups in total. The third-order valence-electron chi connectivity index (χ3n) is 5.04. The summed E-state index contributed by atoms with van der Waals surface area (Å²) >= 11 is 0. The summed E-state index contributed by atoms with van der Waals surface area (Å²) in [5, 5.41) is 14.7. The smallest absolute Gasteiger partial charge is 0.293 e. The van der Waals surface area contributed by atoms with Gasteiger partial charge in [0.2, 0.25) is 0 Å². The molecule has 2 aliphatic rings. The highest BCUT2D eigenvalue weighted by Crippen LogP contribution is 2.27. The Kier molecular flexibility index (Phi) is 6.05. The maximum atomic E-state index is 12.5. The SMILES string of the molecule is CN1CCCC(CNc2ccc(C(=O)N3CCOCC3)cc2[N+](=O)[O-])C1. The number of ether oxygens (including phenoxy) is 1. The normalized spacial score (nSPS) is 21.4. The van der Waals surface area contributed by atoms with E-state index in [-0.39, 0.29) is 11.6 Å². The molecule has 8 heteroatoms. The highest BCUT2D eigenvalue weighted by atomic mass is 16.6. The first-order chi connectivity index (χ1) is 12.5. The Labute approximate surface area is 153 Å². The molecule has 0 radical (unpaired) electrons. The van der Waals surface area contributed by atoms with Gasteiger partial charge in [-0.1, -0.05) is 0 Å². The van der Waals surface area contributed by atoms with Gasteiger partial charge in [0.05, 0.1) is 18.1 Å². The minimum absolute atomic E-state index is 0.0479. The van der Waals surface area contributed by atoms with E-state index in [0.29, 0.717) is 50.0 Å². The standard InChI is InChI=1S/C18H26N4O4/c1-20-6-2-3-14(13-20)12-19-16-5-4-15(11-17(16)22(24)25)18(23)21-7-9-26-10-8-21/h4-5,11,14,19H,2-3,6-10,12-13H2,1H3. The number of nitrogens with zero attached hydrogens (tertiary/aromatic N) is 3. The molecule has 1 aromatic carbocycles. The largest absolute Gasteiger partial charge is 0.379 e. The lowest BCUT2D eigenvalue weighted by atomic mass is 9.98. The predicted octanol–water partition coefficient (Wildman–Crippen LogP) is 1.82. The van der Waals surface area contributed by atoms with Crippen molar-refractivity contribution in [3.05, 3.63) is 33.9 Å². The number of likely N-dealkylation sites (tertiary alicyclic amines) is 1. The van der Waals surface area contributed by atoms with Crippen molar-refractivity contribution in [2.45, 2.75) is 12.8 Å². The van der Waals surface area contributed by atoms with E-state index in [4.69, 9.17) is 4.74 Å². The molecule has 26 heavy (non-hydrogen) atoms. The third kappa shape index (κ3) is 4.50. The van der Waals surface area contributed by atoms with Gasteiger partial charge in [-0.2, -0.15) is 0 Å². The Balaban J connectivity index is 1.70. The fourth-order valence-corrected chi connectivity index (χ4v) is 3.61. The van der Waals surface area contributed by atoms with E-state index in [1.54, 1.807) is 17.0 Å². The molecule has 2 fully saturated rings. The molecule has 0 spiro atoms. The first-order valence-corrected chi connectivity index (χ1v) is 9.12. The molecule has 0 bridgehead atoms. The second-order valence-corrected chi connectivity index (χ2v) is 7.05. The number of carbonyl (C=O) groups excluding carboxylic acids is 1. The third-order valence-corrected chi connectivity index (χ3v) is 5.04. The highest BCUT2D eigenvalue weighted by molar-refractivity contribution is 5.95. The van der Waals surface area contributed by atoms with Crippen LogP contribution in [0.1, 0.15) is 23.2 Å². The van der Waals surface area contributed by atoms with E-state index < -0.39 is 4.92 Å². The van der Waals surface area contributed by atoms with Crippen molar-refractivity contribution in [2.75, 3.05) is 58.3 Å². The molecule has 142 valence electrons. The molecule has 3 rings (SSSR count). The molecule has 2 aliphatic heterocycles. The Bertz CT molecular complexity index is 661. The van der Waals surface area contributed by atoms with Crippen LogP contribution in [0.4, 0.5) is 11.4 Å². The Morgan fingerprint density at radius 1 is 1.35 bits per heavy atom. The lowest BCUT2D eigenvalue weighted by Crippen LogP contribution is -2.40. The molecule has 2 heterocycles. The molecule has 1 unspecified atom stereocenters. The summed E-state index contributed by atoms with van der Waals surface area (Å²) in [7, 11) is 2.10. The quantitative estimate of drug-likeness (QED) is 0.635. The minimum Gasteiger partial charge on any atom is -0.379 e. The Morgan fingerprint density at radius 3 is 2.81 bits per heavy atom. The number of piperidine rings is 1. The van der Waals surface area contributed by atoms with E-state index in [1.807, 2.05) is 0 Å². The Hall–Kier alpha value is -2.19.